The number of ether oxygens (including phenoxy) is 1. The predicted molar refractivity (Wildman–Crippen MR) is 70.9 cm³/mol. The van der Waals surface area contributed by atoms with Crippen molar-refractivity contribution in [2.45, 2.75) is 25.8 Å². The standard InChI is InChI=1S/C14H18N2O2/c1-11(5-6-13-4-3-9-18-13)16-12-7-8-15-14(10-12)17-2/h3-4,7-11H,5-6H2,1-2H3,(H,15,16). The number of methoxy groups -OCH3 is 1. The minimum absolute atomic E-state index is 0.363. The molecule has 0 aliphatic heterocycles. The lowest BCUT2D eigenvalue weighted by Crippen LogP contribution is -2.15. The number of rotatable bonds is 6. The predicted octanol–water partition coefficient (Wildman–Crippen LogP) is 3.12. The Labute approximate surface area is 107 Å². The van der Waals surface area contributed by atoms with Crippen LogP contribution in [0.2, 0.25) is 0 Å². The minimum Gasteiger partial charge on any atom is -0.481 e. The third-order valence-corrected chi connectivity index (χ3v) is 2.76. The maximum absolute atomic E-state index is 5.31. The number of aryl methyl sites for hydroxylation is 1. The smallest absolute Gasteiger partial charge is 0.214 e. The van der Waals surface area contributed by atoms with E-state index in [1.165, 1.54) is 0 Å². The van der Waals surface area contributed by atoms with Crippen LogP contribution in [0.1, 0.15) is 19.1 Å². The second kappa shape index (κ2) is 6.10. The van der Waals surface area contributed by atoms with Crippen LogP contribution in [0.25, 0.3) is 0 Å². The zero-order valence-corrected chi connectivity index (χ0v) is 10.7. The van der Waals surface area contributed by atoms with E-state index in [2.05, 4.69) is 17.2 Å². The molecule has 4 nitrogen and oxygen atoms in total. The minimum atomic E-state index is 0.363. The SMILES string of the molecule is COc1cc(NC(C)CCc2ccco2)ccn1. The van der Waals surface area contributed by atoms with Gasteiger partial charge in [0.05, 0.1) is 13.4 Å². The van der Waals surface area contributed by atoms with Gasteiger partial charge in [0.1, 0.15) is 5.76 Å². The fourth-order valence-electron chi connectivity index (χ4n) is 1.78. The van der Waals surface area contributed by atoms with E-state index in [1.807, 2.05) is 24.3 Å². The van der Waals surface area contributed by atoms with Gasteiger partial charge in [0.15, 0.2) is 0 Å². The van der Waals surface area contributed by atoms with Gasteiger partial charge in [-0.2, -0.15) is 0 Å². The molecule has 0 aliphatic rings. The van der Waals surface area contributed by atoms with Crippen LogP contribution in [0, 0.1) is 0 Å². The highest BCUT2D eigenvalue weighted by molar-refractivity contribution is 5.45. The van der Waals surface area contributed by atoms with E-state index in [0.717, 1.165) is 24.3 Å². The Balaban J connectivity index is 1.84. The van der Waals surface area contributed by atoms with E-state index in [0.29, 0.717) is 11.9 Å². The summed E-state index contributed by atoms with van der Waals surface area (Å²) in [5.41, 5.74) is 1.02. The van der Waals surface area contributed by atoms with Gasteiger partial charge in [0.2, 0.25) is 5.88 Å². The first kappa shape index (κ1) is 12.5. The number of nitrogens with one attached hydrogen (secondary N) is 1. The van der Waals surface area contributed by atoms with Crippen molar-refractivity contribution in [2.24, 2.45) is 0 Å². The molecule has 1 unspecified atom stereocenters. The lowest BCUT2D eigenvalue weighted by atomic mass is 10.1. The van der Waals surface area contributed by atoms with Gasteiger partial charge in [-0.25, -0.2) is 4.98 Å². The lowest BCUT2D eigenvalue weighted by molar-refractivity contribution is 0.398. The van der Waals surface area contributed by atoms with Crippen LogP contribution in [0.15, 0.2) is 41.1 Å². The highest BCUT2D eigenvalue weighted by atomic mass is 16.5. The first-order chi connectivity index (χ1) is 8.78. The van der Waals surface area contributed by atoms with Gasteiger partial charge in [-0.1, -0.05) is 0 Å². The molecule has 2 aromatic heterocycles. The maximum Gasteiger partial charge on any atom is 0.214 e. The second-order valence-corrected chi connectivity index (χ2v) is 4.25. The second-order valence-electron chi connectivity index (χ2n) is 4.25. The summed E-state index contributed by atoms with van der Waals surface area (Å²) in [6.07, 6.45) is 5.39. The average Bonchev–Trinajstić information content (AvgIpc) is 2.90. The summed E-state index contributed by atoms with van der Waals surface area (Å²) >= 11 is 0. The summed E-state index contributed by atoms with van der Waals surface area (Å²) in [5.74, 6) is 1.65. The molecule has 4 heteroatoms. The van der Waals surface area contributed by atoms with Crippen molar-refractivity contribution in [1.82, 2.24) is 4.98 Å². The van der Waals surface area contributed by atoms with Crippen LogP contribution in [-0.4, -0.2) is 18.1 Å². The Morgan fingerprint density at radius 2 is 2.33 bits per heavy atom. The number of anilines is 1. The largest absolute Gasteiger partial charge is 0.481 e. The highest BCUT2D eigenvalue weighted by Crippen LogP contribution is 2.16. The Hall–Kier alpha value is -1.97. The van der Waals surface area contributed by atoms with E-state index in [9.17, 15) is 0 Å². The van der Waals surface area contributed by atoms with E-state index in [1.54, 1.807) is 19.6 Å². The van der Waals surface area contributed by atoms with Crippen molar-refractivity contribution in [3.05, 3.63) is 42.5 Å². The van der Waals surface area contributed by atoms with E-state index < -0.39 is 0 Å². The molecule has 0 radical (unpaired) electrons. The van der Waals surface area contributed by atoms with Crippen LogP contribution in [-0.2, 0) is 6.42 Å². The number of pyridine rings is 1. The lowest BCUT2D eigenvalue weighted by Gasteiger charge is -2.14. The molecule has 0 fully saturated rings. The summed E-state index contributed by atoms with van der Waals surface area (Å²) < 4.78 is 10.4. The van der Waals surface area contributed by atoms with Crippen LogP contribution in [0.3, 0.4) is 0 Å². The van der Waals surface area contributed by atoms with Gasteiger partial charge in [-0.15, -0.1) is 0 Å². The first-order valence-corrected chi connectivity index (χ1v) is 6.07. The molecule has 2 rings (SSSR count). The quantitative estimate of drug-likeness (QED) is 0.850. The van der Waals surface area contributed by atoms with E-state index in [4.69, 9.17) is 9.15 Å². The molecular formula is C14H18N2O2. The summed E-state index contributed by atoms with van der Waals surface area (Å²) in [7, 11) is 1.62. The van der Waals surface area contributed by atoms with Crippen LogP contribution in [0.5, 0.6) is 5.88 Å². The van der Waals surface area contributed by atoms with Crippen LogP contribution in [0.4, 0.5) is 5.69 Å². The molecule has 0 aliphatic carbocycles. The Kier molecular flexibility index (Phi) is 4.23. The molecule has 96 valence electrons. The molecule has 1 N–H and O–H groups in total. The Morgan fingerprint density at radius 1 is 1.44 bits per heavy atom. The number of nitrogens with zero attached hydrogens (tertiary/aromatic N) is 1. The monoisotopic (exact) mass is 246 g/mol. The van der Waals surface area contributed by atoms with Gasteiger partial charge in [-0.3, -0.25) is 0 Å². The summed E-state index contributed by atoms with van der Waals surface area (Å²) in [6.45, 7) is 2.15. The zero-order valence-electron chi connectivity index (χ0n) is 10.7. The normalized spacial score (nSPS) is 12.1. The van der Waals surface area contributed by atoms with Crippen molar-refractivity contribution in [1.29, 1.82) is 0 Å². The summed E-state index contributed by atoms with van der Waals surface area (Å²) in [4.78, 5) is 4.07. The zero-order chi connectivity index (χ0) is 12.8. The fraction of sp³-hybridized carbons (Fsp3) is 0.357. The molecule has 1 atom stereocenters. The molecule has 2 aromatic rings. The molecular weight excluding hydrogens is 228 g/mol. The van der Waals surface area contributed by atoms with Crippen molar-refractivity contribution in [2.75, 3.05) is 12.4 Å². The Bertz CT molecular complexity index is 468. The third-order valence-electron chi connectivity index (χ3n) is 2.76. The average molecular weight is 246 g/mol. The van der Waals surface area contributed by atoms with Crippen LogP contribution >= 0.6 is 0 Å². The number of aromatic nitrogens is 1. The molecule has 0 saturated carbocycles. The molecule has 0 bridgehead atoms. The molecule has 0 aromatic carbocycles. The summed E-state index contributed by atoms with van der Waals surface area (Å²) in [5, 5.41) is 3.42. The highest BCUT2D eigenvalue weighted by Gasteiger charge is 2.05. The summed E-state index contributed by atoms with van der Waals surface area (Å²) in [6, 6.07) is 8.11. The van der Waals surface area contributed by atoms with Gasteiger partial charge >= 0.3 is 0 Å². The number of furan rings is 1. The molecule has 0 spiro atoms. The third kappa shape index (κ3) is 3.52. The fourth-order valence-corrected chi connectivity index (χ4v) is 1.78. The van der Waals surface area contributed by atoms with Crippen molar-refractivity contribution >= 4 is 5.69 Å². The van der Waals surface area contributed by atoms with Crippen LogP contribution < -0.4 is 10.1 Å². The molecule has 0 saturated heterocycles. The molecule has 18 heavy (non-hydrogen) atoms. The molecule has 2 heterocycles. The van der Waals surface area contributed by atoms with Crippen molar-refractivity contribution in [3.63, 3.8) is 0 Å². The Morgan fingerprint density at radius 3 is 3.06 bits per heavy atom. The molecule has 0 amide bonds. The topological polar surface area (TPSA) is 47.3 Å². The maximum atomic E-state index is 5.31. The van der Waals surface area contributed by atoms with Crippen molar-refractivity contribution in [3.8, 4) is 5.88 Å². The first-order valence-electron chi connectivity index (χ1n) is 6.07. The van der Waals surface area contributed by atoms with Gasteiger partial charge in [-0.05, 0) is 31.5 Å². The van der Waals surface area contributed by atoms with Crippen molar-refractivity contribution < 1.29 is 9.15 Å². The van der Waals surface area contributed by atoms with Gasteiger partial charge in [0.25, 0.3) is 0 Å². The number of hydrogen-bond donors (Lipinski definition) is 1. The van der Waals surface area contributed by atoms with Gasteiger partial charge < -0.3 is 14.5 Å². The van der Waals surface area contributed by atoms with E-state index >= 15 is 0 Å². The van der Waals surface area contributed by atoms with Gasteiger partial charge in [0, 0.05) is 30.4 Å². The number of hydrogen-bond acceptors (Lipinski definition) is 4. The van der Waals surface area contributed by atoms with E-state index in [-0.39, 0.29) is 0 Å².